The third-order valence-electron chi connectivity index (χ3n) is 7.31. The minimum absolute atomic E-state index is 0.0335. The molecule has 2 atom stereocenters. The van der Waals surface area contributed by atoms with Crippen molar-refractivity contribution in [2.75, 3.05) is 13.2 Å². The lowest BCUT2D eigenvalue weighted by Crippen LogP contribution is -2.34. The van der Waals surface area contributed by atoms with E-state index in [1.807, 2.05) is 22.9 Å². The maximum Gasteiger partial charge on any atom is 0.252 e. The molecule has 1 fully saturated rings. The van der Waals surface area contributed by atoms with Crippen molar-refractivity contribution in [2.45, 2.75) is 71.7 Å². The molecule has 5 rings (SSSR count). The molecule has 1 N–H and O–H groups in total. The number of aromatic amines is 1. The minimum Gasteiger partial charge on any atom is -0.376 e. The molecule has 194 valence electrons. The van der Waals surface area contributed by atoms with E-state index >= 15 is 0 Å². The lowest BCUT2D eigenvalue weighted by atomic mass is 10.1. The van der Waals surface area contributed by atoms with Crippen molar-refractivity contribution in [3.05, 3.63) is 87.0 Å². The maximum atomic E-state index is 13.1. The molecule has 1 saturated heterocycles. The van der Waals surface area contributed by atoms with E-state index in [2.05, 4.69) is 76.5 Å². The summed E-state index contributed by atoms with van der Waals surface area (Å²) in [4.78, 5) is 18.6. The van der Waals surface area contributed by atoms with Crippen LogP contribution in [0.25, 0.3) is 10.9 Å². The molecule has 1 aliphatic heterocycles. The highest BCUT2D eigenvalue weighted by Crippen LogP contribution is 2.26. The maximum absolute atomic E-state index is 13.1. The van der Waals surface area contributed by atoms with Crippen molar-refractivity contribution in [1.82, 2.24) is 30.1 Å². The van der Waals surface area contributed by atoms with Gasteiger partial charge in [0, 0.05) is 30.8 Å². The molecule has 1 aliphatic rings. The number of aryl methyl sites for hydroxylation is 2. The number of H-pyrrole nitrogens is 1. The molecule has 0 radical (unpaired) electrons. The first-order valence-electron chi connectivity index (χ1n) is 13.3. The normalized spacial score (nSPS) is 16.6. The zero-order chi connectivity index (χ0) is 25.8. The predicted octanol–water partition coefficient (Wildman–Crippen LogP) is 4.51. The van der Waals surface area contributed by atoms with Gasteiger partial charge in [-0.05, 0) is 79.1 Å². The summed E-state index contributed by atoms with van der Waals surface area (Å²) in [6.45, 7) is 9.08. The number of ether oxygens (including phenoxy) is 1. The van der Waals surface area contributed by atoms with Gasteiger partial charge in [-0.3, -0.25) is 9.69 Å². The van der Waals surface area contributed by atoms with Gasteiger partial charge < -0.3 is 9.72 Å². The summed E-state index contributed by atoms with van der Waals surface area (Å²) >= 11 is 0. The molecule has 0 spiro atoms. The number of benzene rings is 2. The molecular formula is C29H36N6O2. The average Bonchev–Trinajstić information content (AvgIpc) is 3.56. The summed E-state index contributed by atoms with van der Waals surface area (Å²) in [5.41, 5.74) is 5.25. The molecule has 0 amide bonds. The fraction of sp³-hybridized carbons (Fsp3) is 0.448. The number of nitrogens with zero attached hydrogens (tertiary/aromatic N) is 5. The van der Waals surface area contributed by atoms with Crippen molar-refractivity contribution >= 4 is 10.9 Å². The van der Waals surface area contributed by atoms with Gasteiger partial charge in [0.25, 0.3) is 5.56 Å². The highest BCUT2D eigenvalue weighted by molar-refractivity contribution is 5.79. The first kappa shape index (κ1) is 25.3. The fourth-order valence-corrected chi connectivity index (χ4v) is 5.36. The van der Waals surface area contributed by atoms with Crippen molar-refractivity contribution in [3.8, 4) is 0 Å². The van der Waals surface area contributed by atoms with E-state index in [0.717, 1.165) is 61.1 Å². The molecule has 0 bridgehead atoms. The number of hydrogen-bond acceptors (Lipinski definition) is 6. The Kier molecular flexibility index (Phi) is 7.76. The van der Waals surface area contributed by atoms with Gasteiger partial charge in [0.15, 0.2) is 5.82 Å². The van der Waals surface area contributed by atoms with Crippen LogP contribution in [0.5, 0.6) is 0 Å². The van der Waals surface area contributed by atoms with Gasteiger partial charge in [-0.15, -0.1) is 5.10 Å². The van der Waals surface area contributed by atoms with Crippen molar-refractivity contribution in [2.24, 2.45) is 0 Å². The summed E-state index contributed by atoms with van der Waals surface area (Å²) in [6, 6.07) is 16.7. The Bertz CT molecular complexity index is 1410. The lowest BCUT2D eigenvalue weighted by Gasteiger charge is -2.30. The number of rotatable bonds is 10. The van der Waals surface area contributed by atoms with E-state index < -0.39 is 0 Å². The van der Waals surface area contributed by atoms with Gasteiger partial charge in [-0.25, -0.2) is 4.68 Å². The summed E-state index contributed by atoms with van der Waals surface area (Å²) in [7, 11) is 0. The Balaban J connectivity index is 1.46. The van der Waals surface area contributed by atoms with E-state index in [4.69, 9.17) is 4.74 Å². The predicted molar refractivity (Wildman–Crippen MR) is 144 cm³/mol. The molecule has 4 aromatic rings. The van der Waals surface area contributed by atoms with Crippen LogP contribution in [0.3, 0.4) is 0 Å². The molecule has 8 heteroatoms. The van der Waals surface area contributed by atoms with E-state index in [9.17, 15) is 4.79 Å². The molecule has 2 aromatic heterocycles. The second kappa shape index (κ2) is 11.4. The van der Waals surface area contributed by atoms with Gasteiger partial charge in [0.1, 0.15) is 0 Å². The molecule has 2 aromatic carbocycles. The molecule has 0 unspecified atom stereocenters. The van der Waals surface area contributed by atoms with Crippen LogP contribution >= 0.6 is 0 Å². The second-order valence-corrected chi connectivity index (χ2v) is 10.2. The molecule has 8 nitrogen and oxygen atoms in total. The van der Waals surface area contributed by atoms with E-state index in [1.165, 1.54) is 16.7 Å². The van der Waals surface area contributed by atoms with Gasteiger partial charge in [0.2, 0.25) is 0 Å². The Morgan fingerprint density at radius 3 is 2.81 bits per heavy atom. The van der Waals surface area contributed by atoms with Crippen molar-refractivity contribution in [3.63, 3.8) is 0 Å². The summed E-state index contributed by atoms with van der Waals surface area (Å²) in [6.07, 6.45) is 3.94. The number of tetrazole rings is 1. The number of fused-ring (bicyclic) bond motifs is 1. The van der Waals surface area contributed by atoms with Crippen molar-refractivity contribution < 1.29 is 4.74 Å². The lowest BCUT2D eigenvalue weighted by molar-refractivity contribution is 0.0893. The zero-order valence-electron chi connectivity index (χ0n) is 22.0. The molecule has 0 saturated carbocycles. The summed E-state index contributed by atoms with van der Waals surface area (Å²) in [5.74, 6) is 0.829. The van der Waals surface area contributed by atoms with Gasteiger partial charge in [0.05, 0.1) is 18.7 Å². The van der Waals surface area contributed by atoms with Crippen LogP contribution in [-0.4, -0.2) is 49.3 Å². The highest BCUT2D eigenvalue weighted by Gasteiger charge is 2.27. The summed E-state index contributed by atoms with van der Waals surface area (Å²) < 4.78 is 7.76. The van der Waals surface area contributed by atoms with Gasteiger partial charge in [-0.1, -0.05) is 48.4 Å². The Morgan fingerprint density at radius 1 is 1.16 bits per heavy atom. The Hall–Kier alpha value is -3.36. The molecule has 3 heterocycles. The largest absolute Gasteiger partial charge is 0.376 e. The minimum atomic E-state index is -0.0503. The first-order valence-corrected chi connectivity index (χ1v) is 13.3. The number of pyridine rings is 1. The SMILES string of the molecule is CC[C@@H](c1nnnn1C[C@H]1CCCO1)N(CCc1cccc(C)c1)Cc1cc2cc(C)ccc2[nH]c1=O. The Morgan fingerprint density at radius 2 is 2.03 bits per heavy atom. The van der Waals surface area contributed by atoms with Crippen LogP contribution < -0.4 is 5.56 Å². The quantitative estimate of drug-likeness (QED) is 0.345. The number of nitrogens with one attached hydrogen (secondary N) is 1. The van der Waals surface area contributed by atoms with Crippen LogP contribution in [-0.2, 0) is 24.2 Å². The monoisotopic (exact) mass is 500 g/mol. The second-order valence-electron chi connectivity index (χ2n) is 10.2. The molecule has 37 heavy (non-hydrogen) atoms. The Labute approximate surface area is 217 Å². The van der Waals surface area contributed by atoms with Crippen LogP contribution in [0, 0.1) is 13.8 Å². The fourth-order valence-electron chi connectivity index (χ4n) is 5.36. The smallest absolute Gasteiger partial charge is 0.252 e. The third-order valence-corrected chi connectivity index (χ3v) is 7.31. The highest BCUT2D eigenvalue weighted by atomic mass is 16.5. The van der Waals surface area contributed by atoms with Crippen LogP contribution in [0.2, 0.25) is 0 Å². The number of hydrogen-bond donors (Lipinski definition) is 1. The molecule has 0 aliphatic carbocycles. The standard InChI is InChI=1S/C29H36N6O2/c1-4-27(28-31-32-33-35(28)19-25-9-6-14-37-25)34(13-12-22-8-5-7-20(2)15-22)18-24-17-23-16-21(3)10-11-26(23)30-29(24)36/h5,7-8,10-11,15-17,25,27H,4,6,9,12-14,18-19H2,1-3H3,(H,30,36)/t25-,27+/m1/s1. The summed E-state index contributed by atoms with van der Waals surface area (Å²) in [5, 5.41) is 13.9. The van der Waals surface area contributed by atoms with Gasteiger partial charge in [-0.2, -0.15) is 0 Å². The zero-order valence-corrected chi connectivity index (χ0v) is 22.0. The first-order chi connectivity index (χ1) is 18.0. The van der Waals surface area contributed by atoms with Crippen LogP contribution in [0.4, 0.5) is 0 Å². The van der Waals surface area contributed by atoms with E-state index in [0.29, 0.717) is 13.1 Å². The number of aromatic nitrogens is 5. The molecular weight excluding hydrogens is 464 g/mol. The van der Waals surface area contributed by atoms with E-state index in [1.54, 1.807) is 0 Å². The average molecular weight is 501 g/mol. The van der Waals surface area contributed by atoms with E-state index in [-0.39, 0.29) is 17.7 Å². The van der Waals surface area contributed by atoms with Gasteiger partial charge >= 0.3 is 0 Å². The van der Waals surface area contributed by atoms with Crippen LogP contribution in [0.1, 0.15) is 60.3 Å². The third kappa shape index (κ3) is 5.97. The van der Waals surface area contributed by atoms with Crippen LogP contribution in [0.15, 0.2) is 53.3 Å². The van der Waals surface area contributed by atoms with Crippen molar-refractivity contribution in [1.29, 1.82) is 0 Å². The topological polar surface area (TPSA) is 88.9 Å².